The Labute approximate surface area is 514 Å². The maximum Gasteiger partial charge on any atom is 0.509 e. The van der Waals surface area contributed by atoms with E-state index in [1.807, 2.05) is 75.1 Å². The molecule has 25 nitrogen and oxygen atoms in total. The number of esters is 1. The molecule has 0 spiro atoms. The highest BCUT2D eigenvalue weighted by Gasteiger charge is 2.37. The Balaban J connectivity index is 0.791. The number of unbranched alkanes of at least 4 members (excludes halogenated alkanes) is 1. The van der Waals surface area contributed by atoms with E-state index in [0.717, 1.165) is 27.6 Å². The number of pyridine rings is 1. The molecule has 1 atom stereocenters. The molecule has 0 saturated heterocycles. The maximum atomic E-state index is 13.2. The van der Waals surface area contributed by atoms with Gasteiger partial charge < -0.3 is 54.8 Å². The number of ether oxygens (including phenoxy) is 5. The molecule has 1 unspecified atom stereocenters. The van der Waals surface area contributed by atoms with E-state index in [2.05, 4.69) is 53.4 Å². The largest absolute Gasteiger partial charge is 0.509 e. The highest BCUT2D eigenvalue weighted by molar-refractivity contribution is 7.98. The van der Waals surface area contributed by atoms with Crippen LogP contribution in [-0.4, -0.2) is 164 Å². The van der Waals surface area contributed by atoms with Gasteiger partial charge in [0.05, 0.1) is 66.0 Å². The van der Waals surface area contributed by atoms with Crippen LogP contribution in [0.15, 0.2) is 89.5 Å². The normalized spacial score (nSPS) is 14.4. The third kappa shape index (κ3) is 19.5. The van der Waals surface area contributed by atoms with Gasteiger partial charge in [0.1, 0.15) is 38.4 Å². The second-order valence-corrected chi connectivity index (χ2v) is 23.2. The highest BCUT2D eigenvalue weighted by Crippen LogP contribution is 2.38. The van der Waals surface area contributed by atoms with Crippen molar-refractivity contribution in [2.75, 3.05) is 58.1 Å². The van der Waals surface area contributed by atoms with Crippen molar-refractivity contribution in [2.24, 2.45) is 0 Å². The molecule has 88 heavy (non-hydrogen) atoms. The van der Waals surface area contributed by atoms with Crippen molar-refractivity contribution < 1.29 is 62.0 Å². The minimum absolute atomic E-state index is 0.00196. The van der Waals surface area contributed by atoms with Crippen LogP contribution in [0.4, 0.5) is 10.5 Å². The number of amides is 5. The van der Waals surface area contributed by atoms with Gasteiger partial charge >= 0.3 is 12.1 Å². The van der Waals surface area contributed by atoms with Gasteiger partial charge in [-0.1, -0.05) is 59.1 Å². The summed E-state index contributed by atoms with van der Waals surface area (Å²) in [5.41, 5.74) is 4.69. The Hall–Kier alpha value is -9.06. The van der Waals surface area contributed by atoms with E-state index in [0.29, 0.717) is 85.1 Å². The number of hydrogen-bond acceptors (Lipinski definition) is 20. The van der Waals surface area contributed by atoms with E-state index in [1.54, 1.807) is 74.4 Å². The number of para-hydroxylation sites is 1. The first-order chi connectivity index (χ1) is 42.0. The number of thioether (sulfide) groups is 1. The lowest BCUT2D eigenvalue weighted by Crippen LogP contribution is -2.50. The van der Waals surface area contributed by atoms with Crippen LogP contribution in [0.1, 0.15) is 101 Å². The molecular weight excluding hydrogens is 1150 g/mol. The SMILES string of the molecule is CSc1ncc(C#CCCCC(=O)NCc2cn(CC(C)(C)OCC(C)(C)NC(=O)COCC(=O)NCC(=O)Nc3ccc(COC(=O)OC4C(=O)OCC(C=O)=C4/C=C4/c5nc6ccccc6c(CCN(C(C)=O)C(C)C)c5CN4C)cc3)nn2)cn1. The van der Waals surface area contributed by atoms with E-state index in [9.17, 15) is 38.4 Å². The first kappa shape index (κ1) is 66.5. The monoisotopic (exact) mass is 1230 g/mol. The topological polar surface area (TPSA) is 307 Å². The predicted molar refractivity (Wildman–Crippen MR) is 324 cm³/mol. The molecule has 7 rings (SSSR count). The molecule has 0 fully saturated rings. The van der Waals surface area contributed by atoms with Crippen LogP contribution in [0.2, 0.25) is 0 Å². The fourth-order valence-electron chi connectivity index (χ4n) is 9.47. The number of fused-ring (bicyclic) bond motifs is 2. The van der Waals surface area contributed by atoms with E-state index in [-0.39, 0.29) is 55.4 Å². The number of carbonyl (C=O) groups excluding carboxylic acids is 8. The molecule has 2 aliphatic heterocycles. The van der Waals surface area contributed by atoms with Gasteiger partial charge in [0.25, 0.3) is 0 Å². The lowest BCUT2D eigenvalue weighted by Gasteiger charge is -2.32. The van der Waals surface area contributed by atoms with Gasteiger partial charge in [0.15, 0.2) is 5.16 Å². The van der Waals surface area contributed by atoms with Crippen molar-refractivity contribution in [3.8, 4) is 11.8 Å². The van der Waals surface area contributed by atoms with Gasteiger partial charge in [-0.05, 0) is 96.0 Å². The average Bonchev–Trinajstić information content (AvgIpc) is 2.27. The number of aldehydes is 1. The second kappa shape index (κ2) is 31.0. The van der Waals surface area contributed by atoms with Gasteiger partial charge in [-0.25, -0.2) is 29.2 Å². The summed E-state index contributed by atoms with van der Waals surface area (Å²) in [6.07, 6.45) is 8.30. The number of anilines is 1. The summed E-state index contributed by atoms with van der Waals surface area (Å²) in [6, 6.07) is 14.0. The van der Waals surface area contributed by atoms with Crippen LogP contribution < -0.4 is 21.3 Å². The van der Waals surface area contributed by atoms with Gasteiger partial charge in [-0.3, -0.25) is 28.8 Å². The molecule has 26 heteroatoms. The van der Waals surface area contributed by atoms with Crippen molar-refractivity contribution in [1.82, 2.24) is 55.7 Å². The van der Waals surface area contributed by atoms with Crippen LogP contribution in [-0.2, 0) is 89.9 Å². The summed E-state index contributed by atoms with van der Waals surface area (Å²) in [5.74, 6) is 3.30. The lowest BCUT2D eigenvalue weighted by molar-refractivity contribution is -0.153. The number of nitrogens with one attached hydrogen (secondary N) is 4. The summed E-state index contributed by atoms with van der Waals surface area (Å²) in [7, 11) is 1.85. The number of cyclic esters (lactones) is 1. The number of benzene rings is 2. The van der Waals surface area contributed by atoms with E-state index < -0.39 is 66.8 Å². The number of aromatic nitrogens is 6. The van der Waals surface area contributed by atoms with E-state index in [4.69, 9.17) is 28.7 Å². The lowest BCUT2D eigenvalue weighted by atomic mass is 9.96. The zero-order valence-corrected chi connectivity index (χ0v) is 51.7. The predicted octanol–water partition coefficient (Wildman–Crippen LogP) is 5.00. The van der Waals surface area contributed by atoms with Crippen molar-refractivity contribution in [3.63, 3.8) is 0 Å². The van der Waals surface area contributed by atoms with Gasteiger partial charge in [-0.2, -0.15) is 0 Å². The van der Waals surface area contributed by atoms with Crippen LogP contribution in [0.3, 0.4) is 0 Å². The number of nitrogens with zero attached hydrogens (tertiary/aromatic N) is 8. The van der Waals surface area contributed by atoms with Crippen molar-refractivity contribution >= 4 is 82.0 Å². The van der Waals surface area contributed by atoms with Crippen molar-refractivity contribution in [1.29, 1.82) is 0 Å². The molecular formula is C62H74N12O13S. The Bertz CT molecular complexity index is 3500. The number of carbonyl (C=O) groups is 8. The van der Waals surface area contributed by atoms with Crippen LogP contribution in [0, 0.1) is 11.8 Å². The standard InChI is InChI=1S/C62H74N12O13S/c1-39(2)74(40(3)76)24-23-46-47-16-13-14-17-50(47)68-56-49(46)31-72(8)51(56)25-48-43(32-75)34-84-58(81)57(48)87-60(82)85-33-41-19-21-44(22-20-41)67-53(78)29-64-54(79)35-83-36-55(80)69-61(4,5)38-86-62(6,7)37-73-30-45(70-71-73)28-63-52(77)18-12-10-11-15-42-26-65-59(88-9)66-27-42/h13-14,16-17,19-22,25-27,30,32,39,57H,10,12,18,23-24,28-29,31,33-38H2,1-9H3,(H,63,77)(H,64,79)(H,67,78)(H,69,80)/b51-25-. The third-order valence-corrected chi connectivity index (χ3v) is 14.4. The van der Waals surface area contributed by atoms with Crippen LogP contribution >= 0.6 is 11.8 Å². The smallest absolute Gasteiger partial charge is 0.458 e. The van der Waals surface area contributed by atoms with Crippen LogP contribution in [0.5, 0.6) is 0 Å². The van der Waals surface area contributed by atoms with Crippen molar-refractivity contribution in [3.05, 3.63) is 118 Å². The molecule has 0 aliphatic carbocycles. The second-order valence-electron chi connectivity index (χ2n) is 22.4. The third-order valence-electron chi connectivity index (χ3n) is 13.8. The first-order valence-electron chi connectivity index (χ1n) is 28.5. The van der Waals surface area contributed by atoms with Gasteiger partial charge in [-0.15, -0.1) is 5.10 Å². The zero-order valence-electron chi connectivity index (χ0n) is 50.9. The fraction of sp³-hybridized carbons (Fsp3) is 0.435. The fourth-order valence-corrected chi connectivity index (χ4v) is 9.78. The minimum Gasteiger partial charge on any atom is -0.458 e. The number of hydrogen-bond donors (Lipinski definition) is 4. The van der Waals surface area contributed by atoms with E-state index >= 15 is 0 Å². The summed E-state index contributed by atoms with van der Waals surface area (Å²) in [5, 5.41) is 20.7. The molecule has 5 heterocycles. The van der Waals surface area contributed by atoms with E-state index in [1.165, 1.54) is 11.8 Å². The zero-order chi connectivity index (χ0) is 63.5. The number of rotatable bonds is 28. The average molecular weight is 1230 g/mol. The molecule has 0 saturated carbocycles. The van der Waals surface area contributed by atoms with Crippen LogP contribution in [0.25, 0.3) is 16.6 Å². The molecule has 5 aromatic rings. The summed E-state index contributed by atoms with van der Waals surface area (Å²) < 4.78 is 29.2. The molecule has 3 aromatic heterocycles. The summed E-state index contributed by atoms with van der Waals surface area (Å²) in [4.78, 5) is 119. The van der Waals surface area contributed by atoms with Crippen molar-refractivity contribution in [2.45, 2.75) is 129 Å². The minimum atomic E-state index is -1.64. The highest BCUT2D eigenvalue weighted by atomic mass is 32.2. The summed E-state index contributed by atoms with van der Waals surface area (Å²) >= 11 is 1.45. The molecule has 0 radical (unpaired) electrons. The van der Waals surface area contributed by atoms with Gasteiger partial charge in [0.2, 0.25) is 35.6 Å². The quantitative estimate of drug-likeness (QED) is 0.0128. The molecule has 2 aromatic carbocycles. The molecule has 2 aliphatic rings. The molecule has 4 N–H and O–H groups in total. The van der Waals surface area contributed by atoms with Gasteiger partial charge in [0, 0.05) is 86.1 Å². The maximum absolute atomic E-state index is 13.2. The molecule has 466 valence electrons. The molecule has 0 bridgehead atoms. The Morgan fingerprint density at radius 1 is 0.966 bits per heavy atom. The summed E-state index contributed by atoms with van der Waals surface area (Å²) in [6.45, 7) is 12.4. The first-order valence-corrected chi connectivity index (χ1v) is 29.7. The Kier molecular flexibility index (Phi) is 23.4. The Morgan fingerprint density at radius 3 is 2.42 bits per heavy atom. The Morgan fingerprint density at radius 2 is 1.70 bits per heavy atom. The molecule has 5 amide bonds.